The van der Waals surface area contributed by atoms with Crippen LogP contribution in [0.15, 0.2) is 0 Å². The molecule has 0 aromatic rings. The standard InChI is InChI=1S/C21H44O3/c1-2-3-4-5-6-7-8-9-10-11-12-13-14-15-16-17-18-19-20-24-21(22)23/h21-23H,2-20H2,1H3. The molecule has 0 saturated carbocycles. The van der Waals surface area contributed by atoms with Gasteiger partial charge < -0.3 is 14.9 Å². The molecule has 24 heavy (non-hydrogen) atoms. The minimum Gasteiger partial charge on any atom is -0.346 e. The van der Waals surface area contributed by atoms with E-state index >= 15 is 0 Å². The molecule has 0 unspecified atom stereocenters. The quantitative estimate of drug-likeness (QED) is 0.201. The van der Waals surface area contributed by atoms with Gasteiger partial charge in [-0.3, -0.25) is 0 Å². The van der Waals surface area contributed by atoms with Crippen molar-refractivity contribution in [3.05, 3.63) is 0 Å². The predicted octanol–water partition coefficient (Wildman–Crippen LogP) is 6.31. The molecule has 2 N–H and O–H groups in total. The van der Waals surface area contributed by atoms with E-state index < -0.39 is 6.48 Å². The van der Waals surface area contributed by atoms with Gasteiger partial charge in [-0.1, -0.05) is 116 Å². The zero-order chi connectivity index (χ0) is 17.7. The van der Waals surface area contributed by atoms with E-state index in [1.807, 2.05) is 0 Å². The van der Waals surface area contributed by atoms with Gasteiger partial charge in [-0.15, -0.1) is 0 Å². The van der Waals surface area contributed by atoms with Crippen LogP contribution in [0.3, 0.4) is 0 Å². The Morgan fingerprint density at radius 3 is 1.08 bits per heavy atom. The second kappa shape index (κ2) is 20.9. The summed E-state index contributed by atoms with van der Waals surface area (Å²) in [5, 5.41) is 17.1. The van der Waals surface area contributed by atoms with Crippen molar-refractivity contribution in [2.75, 3.05) is 6.61 Å². The number of hydrogen-bond acceptors (Lipinski definition) is 3. The average molecular weight is 345 g/mol. The molecule has 0 rings (SSSR count). The summed E-state index contributed by atoms with van der Waals surface area (Å²) < 4.78 is 4.68. The Hall–Kier alpha value is -0.120. The van der Waals surface area contributed by atoms with Crippen molar-refractivity contribution < 1.29 is 14.9 Å². The summed E-state index contributed by atoms with van der Waals surface area (Å²) in [6, 6.07) is 0. The van der Waals surface area contributed by atoms with Gasteiger partial charge in [0.15, 0.2) is 0 Å². The molecule has 0 saturated heterocycles. The third-order valence-electron chi connectivity index (χ3n) is 4.76. The average Bonchev–Trinajstić information content (AvgIpc) is 2.56. The van der Waals surface area contributed by atoms with Crippen LogP contribution < -0.4 is 0 Å². The van der Waals surface area contributed by atoms with E-state index in [0.29, 0.717) is 6.61 Å². The summed E-state index contributed by atoms with van der Waals surface area (Å²) in [5.41, 5.74) is 0. The van der Waals surface area contributed by atoms with Gasteiger partial charge in [0.2, 0.25) is 0 Å². The normalized spacial score (nSPS) is 11.5. The highest BCUT2D eigenvalue weighted by Gasteiger charge is 1.97. The lowest BCUT2D eigenvalue weighted by molar-refractivity contribution is -0.234. The first-order valence-corrected chi connectivity index (χ1v) is 10.7. The first kappa shape index (κ1) is 23.9. The number of unbranched alkanes of at least 4 members (excludes halogenated alkanes) is 17. The molecule has 146 valence electrons. The second-order valence-corrected chi connectivity index (χ2v) is 7.21. The minimum absolute atomic E-state index is 0.455. The highest BCUT2D eigenvalue weighted by atomic mass is 16.7. The van der Waals surface area contributed by atoms with E-state index in [4.69, 9.17) is 10.2 Å². The Bertz CT molecular complexity index is 219. The molecular formula is C21H44O3. The van der Waals surface area contributed by atoms with Gasteiger partial charge in [0.25, 0.3) is 6.48 Å². The van der Waals surface area contributed by atoms with Crippen LogP contribution in [0, 0.1) is 0 Å². The van der Waals surface area contributed by atoms with Crippen LogP contribution in [-0.2, 0) is 4.74 Å². The first-order chi connectivity index (χ1) is 11.8. The van der Waals surface area contributed by atoms with Gasteiger partial charge in [-0.25, -0.2) is 0 Å². The van der Waals surface area contributed by atoms with Gasteiger partial charge in [0.05, 0.1) is 6.61 Å². The molecule has 0 bridgehead atoms. The maximum atomic E-state index is 8.53. The maximum Gasteiger partial charge on any atom is 0.266 e. The Morgan fingerprint density at radius 1 is 0.500 bits per heavy atom. The topological polar surface area (TPSA) is 49.7 Å². The van der Waals surface area contributed by atoms with Crippen LogP contribution in [-0.4, -0.2) is 23.3 Å². The van der Waals surface area contributed by atoms with Crippen molar-refractivity contribution in [2.24, 2.45) is 0 Å². The fraction of sp³-hybridized carbons (Fsp3) is 1.00. The summed E-state index contributed by atoms with van der Waals surface area (Å²) >= 11 is 0. The SMILES string of the molecule is CCCCCCCCCCCCCCCCCCCCOC(O)O. The summed E-state index contributed by atoms with van der Waals surface area (Å²) in [6.07, 6.45) is 24.5. The van der Waals surface area contributed by atoms with E-state index in [0.717, 1.165) is 12.8 Å². The van der Waals surface area contributed by atoms with Gasteiger partial charge >= 0.3 is 0 Å². The molecular weight excluding hydrogens is 300 g/mol. The Labute approximate surface area is 151 Å². The number of rotatable bonds is 20. The molecule has 0 amide bonds. The molecule has 0 spiro atoms. The lowest BCUT2D eigenvalue weighted by Gasteiger charge is -2.05. The first-order valence-electron chi connectivity index (χ1n) is 10.7. The lowest BCUT2D eigenvalue weighted by atomic mass is 10.0. The van der Waals surface area contributed by atoms with Crippen molar-refractivity contribution in [3.8, 4) is 0 Å². The molecule has 0 aliphatic rings. The highest BCUT2D eigenvalue weighted by Crippen LogP contribution is 2.14. The smallest absolute Gasteiger partial charge is 0.266 e. The zero-order valence-electron chi connectivity index (χ0n) is 16.3. The Morgan fingerprint density at radius 2 is 0.792 bits per heavy atom. The van der Waals surface area contributed by atoms with E-state index in [9.17, 15) is 0 Å². The molecule has 0 atom stereocenters. The van der Waals surface area contributed by atoms with Crippen molar-refractivity contribution in [1.29, 1.82) is 0 Å². The fourth-order valence-electron chi connectivity index (χ4n) is 3.19. The van der Waals surface area contributed by atoms with Crippen LogP contribution in [0.25, 0.3) is 0 Å². The van der Waals surface area contributed by atoms with E-state index in [1.165, 1.54) is 103 Å². The highest BCUT2D eigenvalue weighted by molar-refractivity contribution is 4.50. The lowest BCUT2D eigenvalue weighted by Crippen LogP contribution is -2.10. The Balaban J connectivity index is 2.95. The fourth-order valence-corrected chi connectivity index (χ4v) is 3.19. The monoisotopic (exact) mass is 344 g/mol. The van der Waals surface area contributed by atoms with Gasteiger partial charge in [-0.2, -0.15) is 0 Å². The van der Waals surface area contributed by atoms with Crippen LogP contribution in [0.4, 0.5) is 0 Å². The van der Waals surface area contributed by atoms with E-state index in [2.05, 4.69) is 11.7 Å². The molecule has 0 aromatic carbocycles. The van der Waals surface area contributed by atoms with Crippen LogP contribution >= 0.6 is 0 Å². The summed E-state index contributed by atoms with van der Waals surface area (Å²) in [4.78, 5) is 0. The van der Waals surface area contributed by atoms with E-state index in [1.54, 1.807) is 0 Å². The molecule has 0 aliphatic heterocycles. The predicted molar refractivity (Wildman–Crippen MR) is 103 cm³/mol. The number of aliphatic hydroxyl groups is 2. The number of ether oxygens (including phenoxy) is 1. The van der Waals surface area contributed by atoms with Gasteiger partial charge in [0.1, 0.15) is 0 Å². The van der Waals surface area contributed by atoms with Crippen molar-refractivity contribution in [1.82, 2.24) is 0 Å². The summed E-state index contributed by atoms with van der Waals surface area (Å²) in [7, 11) is 0. The van der Waals surface area contributed by atoms with Crippen molar-refractivity contribution in [2.45, 2.75) is 129 Å². The molecule has 0 radical (unpaired) electrons. The molecule has 0 aliphatic carbocycles. The number of aliphatic hydroxyl groups excluding tert-OH is 1. The molecule has 3 heteroatoms. The molecule has 0 heterocycles. The third kappa shape index (κ3) is 21.9. The summed E-state index contributed by atoms with van der Waals surface area (Å²) in [6.45, 7) is 1.13. The maximum absolute atomic E-state index is 8.53. The van der Waals surface area contributed by atoms with Crippen LogP contribution in [0.2, 0.25) is 0 Å². The number of hydrogen-bond donors (Lipinski definition) is 2. The molecule has 0 fully saturated rings. The largest absolute Gasteiger partial charge is 0.346 e. The molecule has 3 nitrogen and oxygen atoms in total. The second-order valence-electron chi connectivity index (χ2n) is 7.21. The van der Waals surface area contributed by atoms with Crippen LogP contribution in [0.1, 0.15) is 122 Å². The summed E-state index contributed by atoms with van der Waals surface area (Å²) in [5.74, 6) is 0. The Kier molecular flexibility index (Phi) is 20.8. The third-order valence-corrected chi connectivity index (χ3v) is 4.76. The van der Waals surface area contributed by atoms with Crippen molar-refractivity contribution in [3.63, 3.8) is 0 Å². The van der Waals surface area contributed by atoms with Gasteiger partial charge in [0, 0.05) is 0 Å². The zero-order valence-corrected chi connectivity index (χ0v) is 16.3. The van der Waals surface area contributed by atoms with E-state index in [-0.39, 0.29) is 0 Å². The van der Waals surface area contributed by atoms with Gasteiger partial charge in [-0.05, 0) is 6.42 Å². The molecule has 0 aromatic heterocycles. The minimum atomic E-state index is -1.60. The van der Waals surface area contributed by atoms with Crippen LogP contribution in [0.5, 0.6) is 0 Å². The van der Waals surface area contributed by atoms with Crippen molar-refractivity contribution >= 4 is 0 Å².